The molecule has 1 heterocycles. The molecule has 0 aliphatic carbocycles. The Labute approximate surface area is 139 Å². The predicted molar refractivity (Wildman–Crippen MR) is 88.4 cm³/mol. The molecule has 0 bridgehead atoms. The van der Waals surface area contributed by atoms with Crippen molar-refractivity contribution >= 4 is 11.6 Å². The van der Waals surface area contributed by atoms with Crippen molar-refractivity contribution in [3.63, 3.8) is 0 Å². The van der Waals surface area contributed by atoms with Crippen LogP contribution in [0.15, 0.2) is 67.0 Å². The third kappa shape index (κ3) is 3.87. The van der Waals surface area contributed by atoms with E-state index in [1.165, 1.54) is 18.2 Å². The van der Waals surface area contributed by atoms with Gasteiger partial charge in [-0.3, -0.25) is 9.59 Å². The molecule has 5 heteroatoms. The molecule has 0 amide bonds. The number of benzene rings is 2. The van der Waals surface area contributed by atoms with Crippen LogP contribution in [0.25, 0.3) is 0 Å². The van der Waals surface area contributed by atoms with Crippen LogP contribution in [-0.4, -0.2) is 34.5 Å². The third-order valence-corrected chi connectivity index (χ3v) is 3.64. The molecule has 0 saturated heterocycles. The normalized spacial score (nSPS) is 13.4. The van der Waals surface area contributed by atoms with Crippen LogP contribution in [0.1, 0.15) is 20.7 Å². The second-order valence-electron chi connectivity index (χ2n) is 5.48. The molecule has 0 aromatic heterocycles. The highest BCUT2D eigenvalue weighted by atomic mass is 19.1. The lowest BCUT2D eigenvalue weighted by atomic mass is 10.1. The summed E-state index contributed by atoms with van der Waals surface area (Å²) in [7, 11) is 0. The van der Waals surface area contributed by atoms with Crippen molar-refractivity contribution in [2.24, 2.45) is 0 Å². The van der Waals surface area contributed by atoms with E-state index >= 15 is 0 Å². The smallest absolute Gasteiger partial charge is 0.182 e. The van der Waals surface area contributed by atoms with E-state index in [4.69, 9.17) is 0 Å². The molecule has 0 spiro atoms. The lowest BCUT2D eigenvalue weighted by molar-refractivity contribution is 0.0947. The maximum absolute atomic E-state index is 13.2. The Balaban J connectivity index is 1.54. The molecule has 1 radical (unpaired) electrons. The number of Topliss-reactive ketones (excluding diaryl/α,β-unsaturated/α-hetero) is 2. The molecule has 1 aliphatic rings. The summed E-state index contributed by atoms with van der Waals surface area (Å²) in [6.45, 7) is 1.99. The Morgan fingerprint density at radius 2 is 1.38 bits per heavy atom. The van der Waals surface area contributed by atoms with Gasteiger partial charge in [0.25, 0.3) is 0 Å². The van der Waals surface area contributed by atoms with Crippen molar-refractivity contribution in [2.45, 2.75) is 0 Å². The van der Waals surface area contributed by atoms with E-state index in [1.54, 1.807) is 47.1 Å². The van der Waals surface area contributed by atoms with Crippen molar-refractivity contribution in [2.75, 3.05) is 13.1 Å². The van der Waals surface area contributed by atoms with Gasteiger partial charge in [0.05, 0.1) is 13.1 Å². The van der Waals surface area contributed by atoms with Crippen molar-refractivity contribution < 1.29 is 14.0 Å². The molecule has 0 atom stereocenters. The number of nitrogens with zero attached hydrogens (tertiary/aromatic N) is 2. The first-order valence-corrected chi connectivity index (χ1v) is 7.53. The van der Waals surface area contributed by atoms with Crippen molar-refractivity contribution in [1.29, 1.82) is 0 Å². The van der Waals surface area contributed by atoms with E-state index in [2.05, 4.69) is 0 Å². The van der Waals surface area contributed by atoms with Gasteiger partial charge < -0.3 is 9.80 Å². The van der Waals surface area contributed by atoms with Gasteiger partial charge in [-0.2, -0.15) is 0 Å². The highest BCUT2D eigenvalue weighted by molar-refractivity contribution is 5.98. The van der Waals surface area contributed by atoms with Gasteiger partial charge >= 0.3 is 0 Å². The molecular formula is C19H16FN2O2. The molecule has 24 heavy (non-hydrogen) atoms. The summed E-state index contributed by atoms with van der Waals surface area (Å²) in [6.07, 6.45) is 3.45. The fourth-order valence-electron chi connectivity index (χ4n) is 2.43. The van der Waals surface area contributed by atoms with Crippen molar-refractivity contribution in [3.05, 3.63) is 90.6 Å². The minimum atomic E-state index is -0.433. The lowest BCUT2D eigenvalue weighted by Crippen LogP contribution is -2.28. The number of hydrogen-bond acceptors (Lipinski definition) is 4. The van der Waals surface area contributed by atoms with E-state index in [9.17, 15) is 14.0 Å². The van der Waals surface area contributed by atoms with Crippen LogP contribution in [-0.2, 0) is 0 Å². The third-order valence-electron chi connectivity index (χ3n) is 3.64. The van der Waals surface area contributed by atoms with Gasteiger partial charge in [0.2, 0.25) is 0 Å². The van der Waals surface area contributed by atoms with Crippen LogP contribution in [0.3, 0.4) is 0 Å². The van der Waals surface area contributed by atoms with E-state index in [1.807, 2.05) is 18.2 Å². The van der Waals surface area contributed by atoms with Crippen LogP contribution in [0.5, 0.6) is 0 Å². The lowest BCUT2D eigenvalue weighted by Gasteiger charge is -2.19. The molecule has 2 aromatic carbocycles. The summed E-state index contributed by atoms with van der Waals surface area (Å²) in [4.78, 5) is 27.7. The first-order valence-electron chi connectivity index (χ1n) is 7.53. The zero-order valence-corrected chi connectivity index (χ0v) is 12.9. The second-order valence-corrected chi connectivity index (χ2v) is 5.48. The fourth-order valence-corrected chi connectivity index (χ4v) is 2.43. The van der Waals surface area contributed by atoms with Gasteiger partial charge in [-0.15, -0.1) is 0 Å². The SMILES string of the molecule is O=C(CN1[CH]N(CC(=O)c2cccc(F)c2)C=C1)c1ccccc1. The quantitative estimate of drug-likeness (QED) is 0.766. The summed E-state index contributed by atoms with van der Waals surface area (Å²) in [6, 6.07) is 14.7. The number of carbonyl (C=O) groups excluding carboxylic acids is 2. The van der Waals surface area contributed by atoms with E-state index in [0.717, 1.165) is 0 Å². The average molecular weight is 323 g/mol. The van der Waals surface area contributed by atoms with Crippen LogP contribution in [0, 0.1) is 12.5 Å². The van der Waals surface area contributed by atoms with Gasteiger partial charge in [0.15, 0.2) is 11.6 Å². The molecule has 1 aliphatic heterocycles. The topological polar surface area (TPSA) is 40.6 Å². The Morgan fingerprint density at radius 1 is 0.792 bits per heavy atom. The summed E-state index contributed by atoms with van der Waals surface area (Å²) in [5.74, 6) is -0.627. The number of carbonyl (C=O) groups is 2. The summed E-state index contributed by atoms with van der Waals surface area (Å²) in [5.41, 5.74) is 0.976. The predicted octanol–water partition coefficient (Wildman–Crippen LogP) is 3.10. The van der Waals surface area contributed by atoms with Gasteiger partial charge in [0, 0.05) is 23.5 Å². The van der Waals surface area contributed by atoms with Crippen LogP contribution in [0.2, 0.25) is 0 Å². The van der Waals surface area contributed by atoms with Crippen molar-refractivity contribution in [3.8, 4) is 0 Å². The van der Waals surface area contributed by atoms with Gasteiger partial charge in [-0.25, -0.2) is 4.39 Å². The maximum atomic E-state index is 13.2. The minimum Gasteiger partial charge on any atom is -0.345 e. The van der Waals surface area contributed by atoms with Crippen LogP contribution >= 0.6 is 0 Å². The highest BCUT2D eigenvalue weighted by Gasteiger charge is 2.19. The van der Waals surface area contributed by atoms with Gasteiger partial charge in [0.1, 0.15) is 12.5 Å². The zero-order chi connectivity index (χ0) is 16.9. The van der Waals surface area contributed by atoms with Crippen LogP contribution in [0.4, 0.5) is 4.39 Å². The summed E-state index contributed by atoms with van der Waals surface area (Å²) >= 11 is 0. The number of rotatable bonds is 6. The molecule has 0 saturated carbocycles. The summed E-state index contributed by atoms with van der Waals surface area (Å²) < 4.78 is 13.2. The Morgan fingerprint density at radius 3 is 2.00 bits per heavy atom. The van der Waals surface area contributed by atoms with Gasteiger partial charge in [-0.1, -0.05) is 42.5 Å². The second kappa shape index (κ2) is 7.08. The average Bonchev–Trinajstić information content (AvgIpc) is 3.02. The Bertz CT molecular complexity index is 774. The van der Waals surface area contributed by atoms with E-state index in [-0.39, 0.29) is 24.7 Å². The monoisotopic (exact) mass is 323 g/mol. The molecule has 0 fully saturated rings. The number of ketones is 2. The highest BCUT2D eigenvalue weighted by Crippen LogP contribution is 2.14. The first kappa shape index (κ1) is 15.9. The maximum Gasteiger partial charge on any atom is 0.182 e. The van der Waals surface area contributed by atoms with E-state index in [0.29, 0.717) is 11.1 Å². The fraction of sp³-hybridized carbons (Fsp3) is 0.105. The number of hydrogen-bond donors (Lipinski definition) is 0. The Hall–Kier alpha value is -2.95. The standard InChI is InChI=1S/C19H16FN2O2/c20-17-8-4-7-16(11-17)19(24)13-22-10-9-21(14-22)12-18(23)15-5-2-1-3-6-15/h1-11,14H,12-13H2. The van der Waals surface area contributed by atoms with Gasteiger partial charge in [-0.05, 0) is 12.1 Å². The molecule has 4 nitrogen and oxygen atoms in total. The molecular weight excluding hydrogens is 307 g/mol. The molecule has 3 rings (SSSR count). The molecule has 0 unspecified atom stereocenters. The van der Waals surface area contributed by atoms with Crippen molar-refractivity contribution in [1.82, 2.24) is 9.80 Å². The molecule has 2 aromatic rings. The molecule has 121 valence electrons. The minimum absolute atomic E-state index is 0.00481. The van der Waals surface area contributed by atoms with E-state index < -0.39 is 5.82 Å². The first-order chi connectivity index (χ1) is 11.6. The molecule has 0 N–H and O–H groups in total. The zero-order valence-electron chi connectivity index (χ0n) is 12.9. The van der Waals surface area contributed by atoms with Crippen LogP contribution < -0.4 is 0 Å². The summed E-state index contributed by atoms with van der Waals surface area (Å²) in [5, 5.41) is 0. The number of halogens is 1. The largest absolute Gasteiger partial charge is 0.345 e. The Kier molecular flexibility index (Phi) is 4.70.